The number of amides is 2. The van der Waals surface area contributed by atoms with Gasteiger partial charge in [0.1, 0.15) is 12.6 Å². The summed E-state index contributed by atoms with van der Waals surface area (Å²) in [6.45, 7) is 1.01. The van der Waals surface area contributed by atoms with Crippen LogP contribution in [0.25, 0.3) is 0 Å². The molecule has 0 bridgehead atoms. The van der Waals surface area contributed by atoms with Crippen molar-refractivity contribution in [1.82, 2.24) is 10.2 Å². The lowest BCUT2D eigenvalue weighted by atomic mass is 10.0. The molecule has 24 heavy (non-hydrogen) atoms. The SMILES string of the molecule is O=C1NCCN(C(=O)OCc2ccccc2)C1c1ccccc1Br. The molecule has 1 aliphatic rings. The van der Waals surface area contributed by atoms with Gasteiger partial charge in [-0.2, -0.15) is 0 Å². The maximum absolute atomic E-state index is 12.5. The molecule has 0 aromatic heterocycles. The average molecular weight is 389 g/mol. The van der Waals surface area contributed by atoms with Crippen LogP contribution in [0, 0.1) is 0 Å². The van der Waals surface area contributed by atoms with Gasteiger partial charge in [0, 0.05) is 17.6 Å². The number of rotatable bonds is 3. The van der Waals surface area contributed by atoms with Crippen LogP contribution >= 0.6 is 15.9 Å². The molecule has 3 rings (SSSR count). The van der Waals surface area contributed by atoms with Crippen molar-refractivity contribution < 1.29 is 14.3 Å². The highest BCUT2D eigenvalue weighted by Crippen LogP contribution is 2.30. The van der Waals surface area contributed by atoms with Crippen LogP contribution in [0.5, 0.6) is 0 Å². The summed E-state index contributed by atoms with van der Waals surface area (Å²) in [6.07, 6.45) is -0.491. The van der Waals surface area contributed by atoms with Crippen molar-refractivity contribution in [3.8, 4) is 0 Å². The van der Waals surface area contributed by atoms with Crippen molar-refractivity contribution in [2.45, 2.75) is 12.6 Å². The van der Waals surface area contributed by atoms with E-state index in [-0.39, 0.29) is 12.5 Å². The summed E-state index contributed by atoms with van der Waals surface area (Å²) in [6, 6.07) is 16.2. The van der Waals surface area contributed by atoms with Crippen LogP contribution in [-0.2, 0) is 16.1 Å². The van der Waals surface area contributed by atoms with Gasteiger partial charge in [0.05, 0.1) is 0 Å². The van der Waals surface area contributed by atoms with Crippen LogP contribution in [0.15, 0.2) is 59.1 Å². The van der Waals surface area contributed by atoms with Crippen molar-refractivity contribution in [1.29, 1.82) is 0 Å². The third kappa shape index (κ3) is 3.59. The molecule has 0 spiro atoms. The van der Waals surface area contributed by atoms with Crippen molar-refractivity contribution in [2.75, 3.05) is 13.1 Å². The number of piperazine rings is 1. The minimum absolute atomic E-state index is 0.181. The number of carbonyl (C=O) groups excluding carboxylic acids is 2. The fourth-order valence-corrected chi connectivity index (χ4v) is 3.17. The molecule has 2 amide bonds. The number of benzene rings is 2. The monoisotopic (exact) mass is 388 g/mol. The summed E-state index contributed by atoms with van der Waals surface area (Å²) in [4.78, 5) is 26.3. The first-order chi connectivity index (χ1) is 11.7. The second-order valence-electron chi connectivity index (χ2n) is 5.45. The quantitative estimate of drug-likeness (QED) is 0.877. The zero-order valence-electron chi connectivity index (χ0n) is 12.9. The van der Waals surface area contributed by atoms with Gasteiger partial charge in [-0.25, -0.2) is 4.79 Å². The highest BCUT2D eigenvalue weighted by molar-refractivity contribution is 9.10. The van der Waals surface area contributed by atoms with Gasteiger partial charge in [0.2, 0.25) is 5.91 Å². The highest BCUT2D eigenvalue weighted by Gasteiger charge is 2.36. The molecule has 5 nitrogen and oxygen atoms in total. The summed E-state index contributed by atoms with van der Waals surface area (Å²) >= 11 is 3.45. The molecule has 1 aliphatic heterocycles. The van der Waals surface area contributed by atoms with E-state index in [2.05, 4.69) is 21.2 Å². The lowest BCUT2D eigenvalue weighted by Crippen LogP contribution is -2.52. The minimum atomic E-state index is -0.697. The van der Waals surface area contributed by atoms with E-state index in [1.165, 1.54) is 4.90 Å². The molecule has 1 heterocycles. The van der Waals surface area contributed by atoms with Crippen LogP contribution < -0.4 is 5.32 Å². The normalized spacial score (nSPS) is 17.3. The van der Waals surface area contributed by atoms with Crippen molar-refractivity contribution >= 4 is 27.9 Å². The number of nitrogens with one attached hydrogen (secondary N) is 1. The van der Waals surface area contributed by atoms with E-state index in [4.69, 9.17) is 4.74 Å². The minimum Gasteiger partial charge on any atom is -0.445 e. The zero-order valence-corrected chi connectivity index (χ0v) is 14.5. The zero-order chi connectivity index (χ0) is 16.9. The van der Waals surface area contributed by atoms with Crippen LogP contribution in [0.1, 0.15) is 17.2 Å². The van der Waals surface area contributed by atoms with E-state index >= 15 is 0 Å². The van der Waals surface area contributed by atoms with E-state index in [1.54, 1.807) is 0 Å². The maximum atomic E-state index is 12.5. The van der Waals surface area contributed by atoms with Crippen LogP contribution in [-0.4, -0.2) is 30.0 Å². The first-order valence-corrected chi connectivity index (χ1v) is 8.45. The van der Waals surface area contributed by atoms with Crippen LogP contribution in [0.3, 0.4) is 0 Å². The number of hydrogen-bond acceptors (Lipinski definition) is 3. The Hall–Kier alpha value is -2.34. The Morgan fingerprint density at radius 2 is 1.88 bits per heavy atom. The molecule has 1 saturated heterocycles. The molecule has 0 aliphatic carbocycles. The Bertz CT molecular complexity index is 736. The highest BCUT2D eigenvalue weighted by atomic mass is 79.9. The van der Waals surface area contributed by atoms with E-state index < -0.39 is 12.1 Å². The Labute approximate surface area is 148 Å². The molecule has 1 fully saturated rings. The molecule has 1 unspecified atom stereocenters. The average Bonchev–Trinajstić information content (AvgIpc) is 2.61. The number of nitrogens with zero attached hydrogens (tertiary/aromatic N) is 1. The lowest BCUT2D eigenvalue weighted by Gasteiger charge is -2.34. The maximum Gasteiger partial charge on any atom is 0.411 e. The Kier molecular flexibility index (Phi) is 5.15. The number of carbonyl (C=O) groups is 2. The molecule has 1 N–H and O–H groups in total. The van der Waals surface area contributed by atoms with Gasteiger partial charge in [0.25, 0.3) is 0 Å². The van der Waals surface area contributed by atoms with Crippen molar-refractivity contribution in [2.24, 2.45) is 0 Å². The first kappa shape index (κ1) is 16.5. The summed E-state index contributed by atoms with van der Waals surface area (Å²) < 4.78 is 6.18. The largest absolute Gasteiger partial charge is 0.445 e. The first-order valence-electron chi connectivity index (χ1n) is 7.66. The Balaban J connectivity index is 1.77. The second-order valence-corrected chi connectivity index (χ2v) is 6.30. The van der Waals surface area contributed by atoms with Gasteiger partial charge in [-0.05, 0) is 17.2 Å². The molecule has 1 atom stereocenters. The molecule has 6 heteroatoms. The molecule has 2 aromatic carbocycles. The Morgan fingerprint density at radius 3 is 2.62 bits per heavy atom. The summed E-state index contributed by atoms with van der Waals surface area (Å²) in [7, 11) is 0. The Morgan fingerprint density at radius 1 is 1.17 bits per heavy atom. The van der Waals surface area contributed by atoms with Crippen molar-refractivity contribution in [3.05, 3.63) is 70.2 Å². The molecular weight excluding hydrogens is 372 g/mol. The summed E-state index contributed by atoms with van der Waals surface area (Å²) in [5.74, 6) is -0.204. The van der Waals surface area contributed by atoms with E-state index in [9.17, 15) is 9.59 Å². The van der Waals surface area contributed by atoms with E-state index in [0.29, 0.717) is 13.1 Å². The molecule has 0 radical (unpaired) electrons. The smallest absolute Gasteiger partial charge is 0.411 e. The number of halogens is 1. The molecule has 124 valence electrons. The second kappa shape index (κ2) is 7.49. The van der Waals surface area contributed by atoms with E-state index in [0.717, 1.165) is 15.6 Å². The standard InChI is InChI=1S/C18H17BrN2O3/c19-15-9-5-4-8-14(15)16-17(22)20-10-11-21(16)18(23)24-12-13-6-2-1-3-7-13/h1-9,16H,10-12H2,(H,20,22). The van der Waals surface area contributed by atoms with Gasteiger partial charge in [-0.3, -0.25) is 9.69 Å². The fraction of sp³-hybridized carbons (Fsp3) is 0.222. The van der Waals surface area contributed by atoms with Crippen molar-refractivity contribution in [3.63, 3.8) is 0 Å². The van der Waals surface area contributed by atoms with Crippen LogP contribution in [0.2, 0.25) is 0 Å². The van der Waals surface area contributed by atoms with Gasteiger partial charge in [0.15, 0.2) is 0 Å². The van der Waals surface area contributed by atoms with Gasteiger partial charge in [-0.15, -0.1) is 0 Å². The van der Waals surface area contributed by atoms with Gasteiger partial charge in [-0.1, -0.05) is 64.5 Å². The molecule has 0 saturated carbocycles. The lowest BCUT2D eigenvalue weighted by molar-refractivity contribution is -0.128. The third-order valence-electron chi connectivity index (χ3n) is 3.85. The fourth-order valence-electron chi connectivity index (χ4n) is 2.67. The third-order valence-corrected chi connectivity index (χ3v) is 4.57. The molecule has 2 aromatic rings. The topological polar surface area (TPSA) is 58.6 Å². The van der Waals surface area contributed by atoms with Gasteiger partial charge >= 0.3 is 6.09 Å². The number of ether oxygens (including phenoxy) is 1. The predicted octanol–water partition coefficient (Wildman–Crippen LogP) is 3.26. The summed E-state index contributed by atoms with van der Waals surface area (Å²) in [5.41, 5.74) is 1.65. The van der Waals surface area contributed by atoms with E-state index in [1.807, 2.05) is 54.6 Å². The summed E-state index contributed by atoms with van der Waals surface area (Å²) in [5, 5.41) is 2.81. The van der Waals surface area contributed by atoms with Crippen LogP contribution in [0.4, 0.5) is 4.79 Å². The molecular formula is C18H17BrN2O3. The van der Waals surface area contributed by atoms with Gasteiger partial charge < -0.3 is 10.1 Å². The predicted molar refractivity (Wildman–Crippen MR) is 93.2 cm³/mol. The number of hydrogen-bond donors (Lipinski definition) is 1.